The SMILES string of the molecule is CCOc1ccc(Cl)cc1CNCCN(C)C. The van der Waals surface area contributed by atoms with Crippen LogP contribution in [0.4, 0.5) is 0 Å². The lowest BCUT2D eigenvalue weighted by molar-refractivity contribution is 0.334. The van der Waals surface area contributed by atoms with Crippen molar-refractivity contribution in [1.82, 2.24) is 10.2 Å². The molecule has 0 aliphatic rings. The van der Waals surface area contributed by atoms with Crippen LogP contribution in [0.15, 0.2) is 18.2 Å². The standard InChI is InChI=1S/C13H21ClN2O/c1-4-17-13-6-5-12(14)9-11(13)10-15-7-8-16(2)3/h5-6,9,15H,4,7-8,10H2,1-3H3. The number of hydrogen-bond acceptors (Lipinski definition) is 3. The average molecular weight is 257 g/mol. The molecule has 1 rings (SSSR count). The highest BCUT2D eigenvalue weighted by Crippen LogP contribution is 2.22. The predicted molar refractivity (Wildman–Crippen MR) is 72.9 cm³/mol. The lowest BCUT2D eigenvalue weighted by atomic mass is 10.2. The molecule has 1 aromatic carbocycles. The number of hydrogen-bond donors (Lipinski definition) is 1. The van der Waals surface area contributed by atoms with Crippen molar-refractivity contribution in [3.05, 3.63) is 28.8 Å². The summed E-state index contributed by atoms with van der Waals surface area (Å²) in [6, 6.07) is 5.74. The molecule has 0 aliphatic carbocycles. The molecule has 1 aromatic rings. The molecule has 0 atom stereocenters. The normalized spacial score (nSPS) is 10.9. The predicted octanol–water partition coefficient (Wildman–Crippen LogP) is 2.39. The fraction of sp³-hybridized carbons (Fsp3) is 0.538. The zero-order valence-electron chi connectivity index (χ0n) is 10.8. The Labute approximate surface area is 109 Å². The Morgan fingerprint density at radius 3 is 2.76 bits per heavy atom. The Kier molecular flexibility index (Phi) is 6.34. The molecule has 3 nitrogen and oxygen atoms in total. The first-order valence-electron chi connectivity index (χ1n) is 5.90. The minimum Gasteiger partial charge on any atom is -0.494 e. The maximum atomic E-state index is 5.99. The summed E-state index contributed by atoms with van der Waals surface area (Å²) in [6.45, 7) is 5.41. The van der Waals surface area contributed by atoms with Gasteiger partial charge < -0.3 is 15.0 Å². The Balaban J connectivity index is 2.52. The van der Waals surface area contributed by atoms with Crippen LogP contribution in [0, 0.1) is 0 Å². The molecule has 1 N–H and O–H groups in total. The first-order chi connectivity index (χ1) is 8.13. The van der Waals surface area contributed by atoms with Gasteiger partial charge in [-0.15, -0.1) is 0 Å². The molecule has 0 amide bonds. The Morgan fingerprint density at radius 2 is 2.12 bits per heavy atom. The zero-order chi connectivity index (χ0) is 12.7. The fourth-order valence-electron chi connectivity index (χ4n) is 1.51. The van der Waals surface area contributed by atoms with E-state index in [1.54, 1.807) is 0 Å². The van der Waals surface area contributed by atoms with Gasteiger partial charge in [-0.05, 0) is 39.2 Å². The molecule has 0 saturated heterocycles. The molecule has 0 aliphatic heterocycles. The van der Waals surface area contributed by atoms with E-state index in [0.29, 0.717) is 6.61 Å². The van der Waals surface area contributed by atoms with E-state index in [-0.39, 0.29) is 0 Å². The lowest BCUT2D eigenvalue weighted by Gasteiger charge is -2.13. The van der Waals surface area contributed by atoms with Gasteiger partial charge in [0.2, 0.25) is 0 Å². The molecule has 0 bridgehead atoms. The summed E-state index contributed by atoms with van der Waals surface area (Å²) in [5.74, 6) is 0.911. The van der Waals surface area contributed by atoms with Crippen LogP contribution >= 0.6 is 11.6 Å². The molecule has 0 aromatic heterocycles. The van der Waals surface area contributed by atoms with Crippen molar-refractivity contribution in [3.63, 3.8) is 0 Å². The first kappa shape index (κ1) is 14.3. The largest absolute Gasteiger partial charge is 0.494 e. The zero-order valence-corrected chi connectivity index (χ0v) is 11.5. The smallest absolute Gasteiger partial charge is 0.123 e. The Bertz CT molecular complexity index is 342. The molecular formula is C13H21ClN2O. The molecule has 4 heteroatoms. The summed E-state index contributed by atoms with van der Waals surface area (Å²) < 4.78 is 5.56. The van der Waals surface area contributed by atoms with Gasteiger partial charge in [0, 0.05) is 30.2 Å². The molecule has 0 spiro atoms. The highest BCUT2D eigenvalue weighted by molar-refractivity contribution is 6.30. The highest BCUT2D eigenvalue weighted by Gasteiger charge is 2.04. The Morgan fingerprint density at radius 1 is 1.35 bits per heavy atom. The second kappa shape index (κ2) is 7.54. The van der Waals surface area contributed by atoms with Crippen LogP contribution in [0.2, 0.25) is 5.02 Å². The summed E-state index contributed by atoms with van der Waals surface area (Å²) in [4.78, 5) is 2.15. The number of rotatable bonds is 7. The summed E-state index contributed by atoms with van der Waals surface area (Å²) in [5.41, 5.74) is 1.11. The van der Waals surface area contributed by atoms with Gasteiger partial charge in [0.1, 0.15) is 5.75 Å². The third kappa shape index (κ3) is 5.39. The highest BCUT2D eigenvalue weighted by atomic mass is 35.5. The van der Waals surface area contributed by atoms with Crippen LogP contribution in [0.25, 0.3) is 0 Å². The van der Waals surface area contributed by atoms with Crippen molar-refractivity contribution < 1.29 is 4.74 Å². The van der Waals surface area contributed by atoms with Gasteiger partial charge in [-0.3, -0.25) is 0 Å². The second-order valence-corrected chi connectivity index (χ2v) is 4.60. The second-order valence-electron chi connectivity index (χ2n) is 4.17. The van der Waals surface area contributed by atoms with E-state index in [0.717, 1.165) is 36.0 Å². The van der Waals surface area contributed by atoms with Crippen LogP contribution in [-0.2, 0) is 6.54 Å². The minimum absolute atomic E-state index is 0.673. The van der Waals surface area contributed by atoms with E-state index >= 15 is 0 Å². The molecule has 96 valence electrons. The maximum Gasteiger partial charge on any atom is 0.123 e. The van der Waals surface area contributed by atoms with Crippen LogP contribution in [0.3, 0.4) is 0 Å². The van der Waals surface area contributed by atoms with Gasteiger partial charge >= 0.3 is 0 Å². The molecular weight excluding hydrogens is 236 g/mol. The number of benzene rings is 1. The quantitative estimate of drug-likeness (QED) is 0.759. The van der Waals surface area contributed by atoms with Crippen LogP contribution in [-0.4, -0.2) is 38.7 Å². The van der Waals surface area contributed by atoms with Crippen LogP contribution in [0.1, 0.15) is 12.5 Å². The van der Waals surface area contributed by atoms with Crippen molar-refractivity contribution in [2.24, 2.45) is 0 Å². The molecule has 0 unspecified atom stereocenters. The molecule has 0 radical (unpaired) electrons. The Hall–Kier alpha value is -0.770. The van der Waals surface area contributed by atoms with Crippen LogP contribution in [0.5, 0.6) is 5.75 Å². The van der Waals surface area contributed by atoms with E-state index in [1.807, 2.05) is 25.1 Å². The number of halogens is 1. The lowest BCUT2D eigenvalue weighted by Crippen LogP contribution is -2.26. The summed E-state index contributed by atoms with van der Waals surface area (Å²) in [5, 5.41) is 4.13. The maximum absolute atomic E-state index is 5.99. The van der Waals surface area contributed by atoms with E-state index in [1.165, 1.54) is 0 Å². The average Bonchev–Trinajstić information content (AvgIpc) is 2.28. The molecule has 0 fully saturated rings. The van der Waals surface area contributed by atoms with Gasteiger partial charge in [-0.25, -0.2) is 0 Å². The number of nitrogens with one attached hydrogen (secondary N) is 1. The molecule has 17 heavy (non-hydrogen) atoms. The number of ether oxygens (including phenoxy) is 1. The summed E-state index contributed by atoms with van der Waals surface area (Å²) in [7, 11) is 4.12. The number of likely N-dealkylation sites (N-methyl/N-ethyl adjacent to an activating group) is 1. The van der Waals surface area contributed by atoms with E-state index in [2.05, 4.69) is 24.3 Å². The van der Waals surface area contributed by atoms with Crippen molar-refractivity contribution >= 4 is 11.6 Å². The topological polar surface area (TPSA) is 24.5 Å². The van der Waals surface area contributed by atoms with E-state index in [9.17, 15) is 0 Å². The summed E-state index contributed by atoms with van der Waals surface area (Å²) >= 11 is 5.99. The third-order valence-electron chi connectivity index (χ3n) is 2.37. The van der Waals surface area contributed by atoms with Crippen molar-refractivity contribution in [2.75, 3.05) is 33.8 Å². The van der Waals surface area contributed by atoms with Gasteiger partial charge in [0.25, 0.3) is 0 Å². The van der Waals surface area contributed by atoms with Gasteiger partial charge in [-0.1, -0.05) is 11.6 Å². The molecule has 0 heterocycles. The van der Waals surface area contributed by atoms with Gasteiger partial charge in [0.05, 0.1) is 6.61 Å². The van der Waals surface area contributed by atoms with Crippen LogP contribution < -0.4 is 10.1 Å². The van der Waals surface area contributed by atoms with Crippen molar-refractivity contribution in [2.45, 2.75) is 13.5 Å². The summed E-state index contributed by atoms with van der Waals surface area (Å²) in [6.07, 6.45) is 0. The monoisotopic (exact) mass is 256 g/mol. The first-order valence-corrected chi connectivity index (χ1v) is 6.28. The van der Waals surface area contributed by atoms with Gasteiger partial charge in [-0.2, -0.15) is 0 Å². The van der Waals surface area contributed by atoms with Crippen molar-refractivity contribution in [1.29, 1.82) is 0 Å². The van der Waals surface area contributed by atoms with E-state index < -0.39 is 0 Å². The fourth-order valence-corrected chi connectivity index (χ4v) is 1.70. The van der Waals surface area contributed by atoms with Crippen molar-refractivity contribution in [3.8, 4) is 5.75 Å². The third-order valence-corrected chi connectivity index (χ3v) is 2.61. The minimum atomic E-state index is 0.673. The van der Waals surface area contributed by atoms with Gasteiger partial charge in [0.15, 0.2) is 0 Å². The molecule has 0 saturated carbocycles. The number of nitrogens with zero attached hydrogens (tertiary/aromatic N) is 1. The van der Waals surface area contributed by atoms with E-state index in [4.69, 9.17) is 16.3 Å².